The van der Waals surface area contributed by atoms with E-state index in [0.29, 0.717) is 11.7 Å². The zero-order chi connectivity index (χ0) is 17.2. The van der Waals surface area contributed by atoms with Crippen molar-refractivity contribution in [3.05, 3.63) is 42.1 Å². The number of hydrogen-bond donors (Lipinski definition) is 1. The summed E-state index contributed by atoms with van der Waals surface area (Å²) in [5.41, 5.74) is 3.35. The monoisotopic (exact) mass is 337 g/mol. The van der Waals surface area contributed by atoms with Crippen LogP contribution in [0, 0.1) is 12.8 Å². The molecule has 0 radical (unpaired) electrons. The van der Waals surface area contributed by atoms with E-state index in [2.05, 4.69) is 38.2 Å². The van der Waals surface area contributed by atoms with Gasteiger partial charge in [-0.15, -0.1) is 0 Å². The molecule has 2 aromatic heterocycles. The van der Waals surface area contributed by atoms with Gasteiger partial charge < -0.3 is 10.2 Å². The quantitative estimate of drug-likeness (QED) is 0.929. The second kappa shape index (κ2) is 6.78. The van der Waals surface area contributed by atoms with Gasteiger partial charge in [0.15, 0.2) is 5.82 Å². The van der Waals surface area contributed by atoms with Crippen molar-refractivity contribution in [2.45, 2.75) is 38.5 Å². The first-order chi connectivity index (χ1) is 12.2. The molecule has 1 amide bonds. The highest BCUT2D eigenvalue weighted by molar-refractivity contribution is 5.92. The topological polar surface area (TPSA) is 71.0 Å². The van der Waals surface area contributed by atoms with Crippen molar-refractivity contribution in [2.24, 2.45) is 5.92 Å². The predicted molar refractivity (Wildman–Crippen MR) is 96.5 cm³/mol. The van der Waals surface area contributed by atoms with Gasteiger partial charge in [-0.25, -0.2) is 4.98 Å². The Morgan fingerprint density at radius 2 is 1.88 bits per heavy atom. The smallest absolute Gasteiger partial charge is 0.228 e. The third kappa shape index (κ3) is 3.48. The van der Waals surface area contributed by atoms with Crippen LogP contribution in [0.15, 0.2) is 30.9 Å². The molecule has 1 N–H and O–H groups in total. The summed E-state index contributed by atoms with van der Waals surface area (Å²) in [4.78, 5) is 27.9. The summed E-state index contributed by atoms with van der Waals surface area (Å²) in [6, 6.07) is 2.05. The summed E-state index contributed by atoms with van der Waals surface area (Å²) in [6.45, 7) is 3.85. The SMILES string of the molecule is Cc1cnccc1N1CCC(C(=O)Nc2nccnc2C2CC2)CC1. The second-order valence-corrected chi connectivity index (χ2v) is 6.98. The lowest BCUT2D eigenvalue weighted by atomic mass is 9.95. The van der Waals surface area contributed by atoms with Crippen LogP contribution in [-0.4, -0.2) is 33.9 Å². The van der Waals surface area contributed by atoms with Gasteiger partial charge in [-0.2, -0.15) is 0 Å². The predicted octanol–water partition coefficient (Wildman–Crippen LogP) is 2.91. The van der Waals surface area contributed by atoms with E-state index in [1.165, 1.54) is 11.3 Å². The molecule has 6 heteroatoms. The molecule has 0 spiro atoms. The molecule has 2 aliphatic rings. The van der Waals surface area contributed by atoms with E-state index in [-0.39, 0.29) is 11.8 Å². The number of pyridine rings is 1. The standard InChI is InChI=1S/C19H23N5O/c1-13-12-20-7-4-16(13)24-10-5-15(6-11-24)19(25)23-18-17(14-2-3-14)21-8-9-22-18/h4,7-9,12,14-15H,2-3,5-6,10-11H2,1H3,(H,22,23,25). The molecule has 1 saturated carbocycles. The maximum atomic E-state index is 12.7. The second-order valence-electron chi connectivity index (χ2n) is 6.98. The average Bonchev–Trinajstić information content (AvgIpc) is 3.48. The summed E-state index contributed by atoms with van der Waals surface area (Å²) in [5.74, 6) is 1.24. The molecule has 1 aliphatic carbocycles. The Morgan fingerprint density at radius 3 is 2.60 bits per heavy atom. The highest BCUT2D eigenvalue weighted by Crippen LogP contribution is 2.41. The number of nitrogens with one attached hydrogen (secondary N) is 1. The molecule has 130 valence electrons. The Hall–Kier alpha value is -2.50. The minimum atomic E-state index is 0.0347. The Morgan fingerprint density at radius 1 is 1.12 bits per heavy atom. The fourth-order valence-electron chi connectivity index (χ4n) is 3.52. The first-order valence-electron chi connectivity index (χ1n) is 8.99. The molecule has 1 saturated heterocycles. The van der Waals surface area contributed by atoms with E-state index >= 15 is 0 Å². The largest absolute Gasteiger partial charge is 0.371 e. The minimum absolute atomic E-state index is 0.0347. The van der Waals surface area contributed by atoms with Gasteiger partial charge in [0.2, 0.25) is 5.91 Å². The normalized spacial score (nSPS) is 18.2. The first kappa shape index (κ1) is 16.0. The summed E-state index contributed by atoms with van der Waals surface area (Å²) in [6.07, 6.45) is 11.1. The molecule has 3 heterocycles. The van der Waals surface area contributed by atoms with Crippen molar-refractivity contribution in [1.82, 2.24) is 15.0 Å². The third-order valence-corrected chi connectivity index (χ3v) is 5.13. The molecule has 0 atom stereocenters. The number of rotatable bonds is 4. The van der Waals surface area contributed by atoms with E-state index in [1.54, 1.807) is 12.4 Å². The van der Waals surface area contributed by atoms with Crippen LogP contribution in [-0.2, 0) is 4.79 Å². The van der Waals surface area contributed by atoms with Crippen LogP contribution >= 0.6 is 0 Å². The Labute approximate surface area is 147 Å². The maximum Gasteiger partial charge on any atom is 0.228 e. The molecule has 0 aromatic carbocycles. The van der Waals surface area contributed by atoms with Gasteiger partial charge in [0.25, 0.3) is 0 Å². The Bertz CT molecular complexity index is 766. The van der Waals surface area contributed by atoms with Crippen molar-refractivity contribution < 1.29 is 4.79 Å². The number of piperidine rings is 1. The summed E-state index contributed by atoms with van der Waals surface area (Å²) < 4.78 is 0. The van der Waals surface area contributed by atoms with Crippen LogP contribution < -0.4 is 10.2 Å². The molecule has 2 fully saturated rings. The molecule has 2 aromatic rings. The first-order valence-corrected chi connectivity index (χ1v) is 8.99. The molecular weight excluding hydrogens is 314 g/mol. The molecule has 0 unspecified atom stereocenters. The van der Waals surface area contributed by atoms with E-state index < -0.39 is 0 Å². The number of anilines is 2. The molecule has 25 heavy (non-hydrogen) atoms. The number of hydrogen-bond acceptors (Lipinski definition) is 5. The van der Waals surface area contributed by atoms with Crippen molar-refractivity contribution in [3.63, 3.8) is 0 Å². The highest BCUT2D eigenvalue weighted by Gasteiger charge is 2.31. The number of carbonyl (C=O) groups is 1. The maximum absolute atomic E-state index is 12.7. The number of nitrogens with zero attached hydrogens (tertiary/aromatic N) is 4. The van der Waals surface area contributed by atoms with Crippen LogP contribution in [0.1, 0.15) is 42.9 Å². The van der Waals surface area contributed by atoms with Crippen molar-refractivity contribution in [1.29, 1.82) is 0 Å². The zero-order valence-corrected chi connectivity index (χ0v) is 14.5. The summed E-state index contributed by atoms with van der Waals surface area (Å²) in [7, 11) is 0. The lowest BCUT2D eigenvalue weighted by molar-refractivity contribution is -0.120. The fourth-order valence-corrected chi connectivity index (χ4v) is 3.52. The van der Waals surface area contributed by atoms with Gasteiger partial charge in [-0.1, -0.05) is 0 Å². The average molecular weight is 337 g/mol. The van der Waals surface area contributed by atoms with Gasteiger partial charge in [-0.05, 0) is 44.2 Å². The lowest BCUT2D eigenvalue weighted by Gasteiger charge is -2.33. The van der Waals surface area contributed by atoms with Crippen molar-refractivity contribution >= 4 is 17.4 Å². The molecular formula is C19H23N5O. The fraction of sp³-hybridized carbons (Fsp3) is 0.474. The van der Waals surface area contributed by atoms with Crippen molar-refractivity contribution in [2.75, 3.05) is 23.3 Å². The summed E-state index contributed by atoms with van der Waals surface area (Å²) in [5, 5.41) is 3.03. The van der Waals surface area contributed by atoms with Crippen LogP contribution in [0.25, 0.3) is 0 Å². The van der Waals surface area contributed by atoms with Crippen LogP contribution in [0.3, 0.4) is 0 Å². The summed E-state index contributed by atoms with van der Waals surface area (Å²) >= 11 is 0. The number of aryl methyl sites for hydroxylation is 1. The van der Waals surface area contributed by atoms with Gasteiger partial charge in [-0.3, -0.25) is 14.8 Å². The minimum Gasteiger partial charge on any atom is -0.371 e. The van der Waals surface area contributed by atoms with E-state index in [1.807, 2.05) is 12.4 Å². The van der Waals surface area contributed by atoms with Gasteiger partial charge >= 0.3 is 0 Å². The number of carbonyl (C=O) groups excluding carboxylic acids is 1. The Kier molecular flexibility index (Phi) is 4.34. The van der Waals surface area contributed by atoms with E-state index in [4.69, 9.17) is 0 Å². The van der Waals surface area contributed by atoms with Crippen LogP contribution in [0.4, 0.5) is 11.5 Å². The van der Waals surface area contributed by atoms with Gasteiger partial charge in [0.1, 0.15) is 0 Å². The van der Waals surface area contributed by atoms with Crippen LogP contribution in [0.2, 0.25) is 0 Å². The van der Waals surface area contributed by atoms with Gasteiger partial charge in [0.05, 0.1) is 5.69 Å². The Balaban J connectivity index is 1.38. The third-order valence-electron chi connectivity index (χ3n) is 5.13. The van der Waals surface area contributed by atoms with E-state index in [9.17, 15) is 4.79 Å². The highest BCUT2D eigenvalue weighted by atomic mass is 16.2. The molecule has 0 bridgehead atoms. The van der Waals surface area contributed by atoms with Gasteiger partial charge in [0, 0.05) is 55.4 Å². The molecule has 1 aliphatic heterocycles. The zero-order valence-electron chi connectivity index (χ0n) is 14.5. The van der Waals surface area contributed by atoms with Crippen LogP contribution in [0.5, 0.6) is 0 Å². The number of amides is 1. The molecule has 4 rings (SSSR count). The number of aromatic nitrogens is 3. The van der Waals surface area contributed by atoms with E-state index in [0.717, 1.165) is 44.5 Å². The van der Waals surface area contributed by atoms with Crippen molar-refractivity contribution in [3.8, 4) is 0 Å². The lowest BCUT2D eigenvalue weighted by Crippen LogP contribution is -2.38. The molecule has 6 nitrogen and oxygen atoms in total.